The molecule has 0 radical (unpaired) electrons. The number of carbonyl (C=O) groups is 1. The first-order valence-corrected chi connectivity index (χ1v) is 11.1. The largest absolute Gasteiger partial charge is 0.414 e. The number of nitrogens with zero attached hydrogens (tertiary/aromatic N) is 1. The maximum atomic E-state index is 13.0. The number of aliphatic hydroxyl groups is 1. The van der Waals surface area contributed by atoms with E-state index in [-0.39, 0.29) is 19.4 Å². The minimum absolute atomic E-state index is 0.00495. The molecule has 2 N–H and O–H groups in total. The molecule has 1 heterocycles. The highest BCUT2D eigenvalue weighted by molar-refractivity contribution is 7.93. The fourth-order valence-electron chi connectivity index (χ4n) is 3.37. The van der Waals surface area contributed by atoms with E-state index in [9.17, 15) is 31.5 Å². The summed E-state index contributed by atoms with van der Waals surface area (Å²) in [6.45, 7) is 1.63. The maximum absolute atomic E-state index is 13.0. The summed E-state index contributed by atoms with van der Waals surface area (Å²) in [5.74, 6) is -1.02. The maximum Gasteiger partial charge on any atom is 0.414 e. The van der Waals surface area contributed by atoms with Crippen LogP contribution in [0.2, 0.25) is 0 Å². The molecule has 2 unspecified atom stereocenters. The Labute approximate surface area is 168 Å². The first-order chi connectivity index (χ1) is 13.4. The number of amides is 2. The summed E-state index contributed by atoms with van der Waals surface area (Å²) in [7, 11) is -3.34. The molecule has 2 rings (SSSR count). The smallest absolute Gasteiger partial charge is 0.383 e. The predicted molar refractivity (Wildman–Crippen MR) is 103 cm³/mol. The fraction of sp³-hybridized carbons (Fsp3) is 0.526. The quantitative estimate of drug-likeness (QED) is 0.746. The second-order valence-corrected chi connectivity index (χ2v) is 9.22. The SMILES string of the molecule is CC(/C=C/S(C)(=O)=O)NC(=O)N1CC[C@H](C(O)C(F)(F)F)C[C@@H]1c1ccccc1. The second-order valence-electron chi connectivity index (χ2n) is 7.29. The van der Waals surface area contributed by atoms with Gasteiger partial charge in [0, 0.05) is 24.3 Å². The predicted octanol–water partition coefficient (Wildman–Crippen LogP) is 3.02. The number of benzene rings is 1. The number of likely N-dealkylation sites (tertiary alicyclic amines) is 1. The van der Waals surface area contributed by atoms with Gasteiger partial charge in [-0.2, -0.15) is 13.2 Å². The van der Waals surface area contributed by atoms with Crippen molar-refractivity contribution in [3.8, 4) is 0 Å². The average molecular weight is 434 g/mol. The molecule has 4 atom stereocenters. The zero-order valence-corrected chi connectivity index (χ0v) is 16.9. The highest BCUT2D eigenvalue weighted by Gasteiger charge is 2.46. The number of nitrogens with one attached hydrogen (secondary N) is 1. The highest BCUT2D eigenvalue weighted by Crippen LogP contribution is 2.39. The number of piperidine rings is 1. The molecular weight excluding hydrogens is 409 g/mol. The molecule has 1 aromatic carbocycles. The Morgan fingerprint density at radius 1 is 1.31 bits per heavy atom. The monoisotopic (exact) mass is 434 g/mol. The summed E-state index contributed by atoms with van der Waals surface area (Å²) in [6, 6.07) is 6.92. The summed E-state index contributed by atoms with van der Waals surface area (Å²) < 4.78 is 61.3. The summed E-state index contributed by atoms with van der Waals surface area (Å²) >= 11 is 0. The molecule has 1 aliphatic rings. The number of urea groups is 1. The Hall–Kier alpha value is -2.07. The van der Waals surface area contributed by atoms with Crippen LogP contribution in [-0.4, -0.2) is 55.6 Å². The summed E-state index contributed by atoms with van der Waals surface area (Å²) in [4.78, 5) is 14.2. The van der Waals surface area contributed by atoms with Gasteiger partial charge in [0.1, 0.15) is 0 Å². The number of rotatable bonds is 5. The van der Waals surface area contributed by atoms with Gasteiger partial charge in [-0.15, -0.1) is 0 Å². The number of sulfone groups is 1. The van der Waals surface area contributed by atoms with Gasteiger partial charge in [-0.25, -0.2) is 13.2 Å². The summed E-state index contributed by atoms with van der Waals surface area (Å²) in [5.41, 5.74) is 0.668. The van der Waals surface area contributed by atoms with Gasteiger partial charge in [-0.3, -0.25) is 0 Å². The Kier molecular flexibility index (Phi) is 7.34. The fourth-order valence-corrected chi connectivity index (χ4v) is 3.89. The molecule has 29 heavy (non-hydrogen) atoms. The van der Waals surface area contributed by atoms with E-state index in [0.29, 0.717) is 5.56 Å². The zero-order chi connectivity index (χ0) is 21.8. The van der Waals surface area contributed by atoms with Crippen molar-refractivity contribution in [1.82, 2.24) is 10.2 Å². The van der Waals surface area contributed by atoms with Crippen molar-refractivity contribution in [1.29, 1.82) is 0 Å². The molecule has 1 aliphatic heterocycles. The minimum atomic E-state index is -4.72. The van der Waals surface area contributed by atoms with Crippen LogP contribution in [0.25, 0.3) is 0 Å². The lowest BCUT2D eigenvalue weighted by atomic mass is 9.83. The topological polar surface area (TPSA) is 86.7 Å². The van der Waals surface area contributed by atoms with Crippen LogP contribution < -0.4 is 5.32 Å². The lowest BCUT2D eigenvalue weighted by molar-refractivity contribution is -0.224. The third-order valence-electron chi connectivity index (χ3n) is 4.84. The van der Waals surface area contributed by atoms with Crippen molar-refractivity contribution in [2.75, 3.05) is 12.8 Å². The van der Waals surface area contributed by atoms with Crippen LogP contribution in [0, 0.1) is 5.92 Å². The number of aliphatic hydroxyl groups excluding tert-OH is 1. The number of halogens is 3. The van der Waals surface area contributed by atoms with Gasteiger partial charge in [-0.1, -0.05) is 36.4 Å². The molecule has 0 spiro atoms. The van der Waals surface area contributed by atoms with Crippen LogP contribution in [-0.2, 0) is 9.84 Å². The summed E-state index contributed by atoms with van der Waals surface area (Å²) in [6.07, 6.45) is -4.85. The lowest BCUT2D eigenvalue weighted by Gasteiger charge is -2.41. The van der Waals surface area contributed by atoms with Gasteiger partial charge in [0.05, 0.1) is 6.04 Å². The van der Waals surface area contributed by atoms with Crippen molar-refractivity contribution >= 4 is 15.9 Å². The third kappa shape index (κ3) is 6.74. The molecule has 1 aromatic rings. The Bertz CT molecular complexity index is 828. The Morgan fingerprint density at radius 2 is 1.93 bits per heavy atom. The number of alkyl halides is 3. The molecule has 162 valence electrons. The van der Waals surface area contributed by atoms with Crippen LogP contribution in [0.4, 0.5) is 18.0 Å². The molecule has 0 bridgehead atoms. The third-order valence-corrected chi connectivity index (χ3v) is 5.49. The van der Waals surface area contributed by atoms with Gasteiger partial charge >= 0.3 is 12.2 Å². The Morgan fingerprint density at radius 3 is 2.48 bits per heavy atom. The van der Waals surface area contributed by atoms with E-state index < -0.39 is 46.2 Å². The van der Waals surface area contributed by atoms with Crippen molar-refractivity contribution in [2.24, 2.45) is 5.92 Å². The standard InChI is InChI=1S/C19H25F3N2O4S/c1-13(9-11-29(2,27)28)23-18(26)24-10-8-15(17(25)19(20,21)22)12-16(24)14-6-4-3-5-7-14/h3-7,9,11,13,15-17,25H,8,10,12H2,1-2H3,(H,23,26)/b11-9+/t13?,15-,16+,17?/m0/s1. The van der Waals surface area contributed by atoms with Crippen LogP contribution in [0.15, 0.2) is 41.8 Å². The van der Waals surface area contributed by atoms with Gasteiger partial charge in [0.2, 0.25) is 0 Å². The molecule has 10 heteroatoms. The molecule has 1 fully saturated rings. The number of hydrogen-bond acceptors (Lipinski definition) is 4. The van der Waals surface area contributed by atoms with Crippen molar-refractivity contribution in [3.05, 3.63) is 47.4 Å². The lowest BCUT2D eigenvalue weighted by Crippen LogP contribution is -2.50. The van der Waals surface area contributed by atoms with E-state index in [1.54, 1.807) is 37.3 Å². The average Bonchev–Trinajstić information content (AvgIpc) is 2.64. The van der Waals surface area contributed by atoms with E-state index in [0.717, 1.165) is 11.7 Å². The van der Waals surface area contributed by atoms with Crippen LogP contribution in [0.5, 0.6) is 0 Å². The van der Waals surface area contributed by atoms with Crippen molar-refractivity contribution in [3.63, 3.8) is 0 Å². The molecule has 0 aliphatic carbocycles. The first kappa shape index (κ1) is 23.2. The van der Waals surface area contributed by atoms with Gasteiger partial charge in [-0.05, 0) is 31.2 Å². The van der Waals surface area contributed by atoms with Gasteiger partial charge in [0.15, 0.2) is 15.9 Å². The molecular formula is C19H25F3N2O4S. The van der Waals surface area contributed by atoms with E-state index >= 15 is 0 Å². The van der Waals surface area contributed by atoms with Crippen LogP contribution in [0.1, 0.15) is 31.4 Å². The number of hydrogen-bond donors (Lipinski definition) is 2. The Balaban J connectivity index is 2.19. The molecule has 1 saturated heterocycles. The summed E-state index contributed by atoms with van der Waals surface area (Å²) in [5, 5.41) is 13.3. The molecule has 0 aromatic heterocycles. The molecule has 0 saturated carbocycles. The van der Waals surface area contributed by atoms with E-state index in [4.69, 9.17) is 0 Å². The van der Waals surface area contributed by atoms with E-state index in [1.807, 2.05) is 0 Å². The van der Waals surface area contributed by atoms with Crippen LogP contribution >= 0.6 is 0 Å². The zero-order valence-electron chi connectivity index (χ0n) is 16.1. The molecule has 2 amide bonds. The minimum Gasteiger partial charge on any atom is -0.383 e. The van der Waals surface area contributed by atoms with E-state index in [2.05, 4.69) is 5.32 Å². The van der Waals surface area contributed by atoms with E-state index in [1.165, 1.54) is 11.0 Å². The van der Waals surface area contributed by atoms with Crippen molar-refractivity contribution in [2.45, 2.75) is 44.1 Å². The molecule has 6 nitrogen and oxygen atoms in total. The highest BCUT2D eigenvalue weighted by atomic mass is 32.2. The van der Waals surface area contributed by atoms with Crippen LogP contribution in [0.3, 0.4) is 0 Å². The van der Waals surface area contributed by atoms with Crippen molar-refractivity contribution < 1.29 is 31.5 Å². The number of carbonyl (C=O) groups excluding carboxylic acids is 1. The first-order valence-electron chi connectivity index (χ1n) is 9.13. The van der Waals surface area contributed by atoms with Gasteiger partial charge < -0.3 is 15.3 Å². The van der Waals surface area contributed by atoms with Gasteiger partial charge in [0.25, 0.3) is 0 Å². The normalized spacial score (nSPS) is 23.0. The second kappa shape index (κ2) is 9.17.